The van der Waals surface area contributed by atoms with E-state index in [1.54, 1.807) is 20.8 Å². The molecule has 5 heteroatoms. The normalized spacial score (nSPS) is 13.1. The van der Waals surface area contributed by atoms with Crippen molar-refractivity contribution in [1.29, 1.82) is 0 Å². The van der Waals surface area contributed by atoms with Crippen LogP contribution in [0.15, 0.2) is 34.9 Å². The third-order valence-corrected chi connectivity index (χ3v) is 6.35. The number of halogens is 1. The first kappa shape index (κ1) is 14.6. The lowest BCUT2D eigenvalue weighted by atomic mass is 10.2. The molecule has 0 aliphatic carbocycles. The molecule has 0 spiro atoms. The van der Waals surface area contributed by atoms with Gasteiger partial charge in [-0.05, 0) is 45.0 Å². The van der Waals surface area contributed by atoms with E-state index in [4.69, 9.17) is 0 Å². The molecule has 1 heterocycles. The number of hydrogen-bond donors (Lipinski definition) is 0. The van der Waals surface area contributed by atoms with Crippen molar-refractivity contribution in [2.45, 2.75) is 32.1 Å². The number of aryl methyl sites for hydroxylation is 1. The van der Waals surface area contributed by atoms with Crippen LogP contribution in [0.3, 0.4) is 0 Å². The van der Waals surface area contributed by atoms with Gasteiger partial charge in [-0.15, -0.1) is 0 Å². The Hall–Kier alpha value is -0.810. The Kier molecular flexibility index (Phi) is 3.80. The van der Waals surface area contributed by atoms with Gasteiger partial charge in [0, 0.05) is 28.1 Å². The maximum atomic E-state index is 12.1. The first-order chi connectivity index (χ1) is 8.71. The Morgan fingerprint density at radius 2 is 1.89 bits per heavy atom. The van der Waals surface area contributed by atoms with Crippen molar-refractivity contribution in [2.24, 2.45) is 0 Å². The van der Waals surface area contributed by atoms with Gasteiger partial charge < -0.3 is 4.57 Å². The summed E-state index contributed by atoms with van der Waals surface area (Å²) in [4.78, 5) is 0. The first-order valence-electron chi connectivity index (χ1n) is 6.17. The van der Waals surface area contributed by atoms with E-state index in [2.05, 4.69) is 15.9 Å². The summed E-state index contributed by atoms with van der Waals surface area (Å²) >= 11 is 3.43. The second-order valence-electron chi connectivity index (χ2n) is 5.64. The van der Waals surface area contributed by atoms with E-state index in [0.717, 1.165) is 15.4 Å². The minimum Gasteiger partial charge on any atom is -0.346 e. The molecular formula is C14H18BrNO2S. The predicted octanol–water partition coefficient (Wildman–Crippen LogP) is 3.62. The van der Waals surface area contributed by atoms with Crippen molar-refractivity contribution in [3.05, 3.63) is 34.9 Å². The van der Waals surface area contributed by atoms with Gasteiger partial charge >= 0.3 is 0 Å². The van der Waals surface area contributed by atoms with Crippen molar-refractivity contribution in [3.8, 4) is 0 Å². The maximum absolute atomic E-state index is 12.1. The van der Waals surface area contributed by atoms with Gasteiger partial charge in [-0.25, -0.2) is 8.42 Å². The Bertz CT molecular complexity index is 696. The van der Waals surface area contributed by atoms with Crippen molar-refractivity contribution < 1.29 is 8.42 Å². The van der Waals surface area contributed by atoms with Crippen LogP contribution in [0.1, 0.15) is 20.8 Å². The quantitative estimate of drug-likeness (QED) is 0.853. The predicted molar refractivity (Wildman–Crippen MR) is 83.2 cm³/mol. The molecule has 0 bridgehead atoms. The molecular weight excluding hydrogens is 326 g/mol. The van der Waals surface area contributed by atoms with E-state index in [0.29, 0.717) is 6.54 Å². The molecule has 19 heavy (non-hydrogen) atoms. The standard InChI is InChI=1S/C14H18BrNO2S/c1-14(2,3)19(17,18)9-8-16-7-6-11-10-12(15)4-5-13(11)16/h4-7,10H,8-9H2,1-3H3. The van der Waals surface area contributed by atoms with Crippen LogP contribution in [-0.2, 0) is 16.4 Å². The van der Waals surface area contributed by atoms with Gasteiger partial charge in [0.15, 0.2) is 9.84 Å². The van der Waals surface area contributed by atoms with E-state index in [-0.39, 0.29) is 5.75 Å². The molecule has 1 aromatic carbocycles. The van der Waals surface area contributed by atoms with E-state index < -0.39 is 14.6 Å². The van der Waals surface area contributed by atoms with Crippen LogP contribution >= 0.6 is 15.9 Å². The van der Waals surface area contributed by atoms with Gasteiger partial charge in [0.05, 0.1) is 10.5 Å². The van der Waals surface area contributed by atoms with Crippen LogP contribution in [0, 0.1) is 0 Å². The number of hydrogen-bond acceptors (Lipinski definition) is 2. The summed E-state index contributed by atoms with van der Waals surface area (Å²) in [5.41, 5.74) is 1.06. The molecule has 0 aliphatic heterocycles. The Labute approximate surface area is 122 Å². The lowest BCUT2D eigenvalue weighted by Gasteiger charge is -2.19. The van der Waals surface area contributed by atoms with Crippen LogP contribution in [0.25, 0.3) is 10.9 Å². The van der Waals surface area contributed by atoms with Crippen LogP contribution < -0.4 is 0 Å². The Morgan fingerprint density at radius 3 is 2.53 bits per heavy atom. The second-order valence-corrected chi connectivity index (χ2v) is 9.42. The summed E-state index contributed by atoms with van der Waals surface area (Å²) in [5, 5.41) is 1.11. The highest BCUT2D eigenvalue weighted by atomic mass is 79.9. The van der Waals surface area contributed by atoms with Gasteiger partial charge in [0.2, 0.25) is 0 Å². The van der Waals surface area contributed by atoms with Crippen LogP contribution in [0.2, 0.25) is 0 Å². The minimum absolute atomic E-state index is 0.163. The van der Waals surface area contributed by atoms with Crippen molar-refractivity contribution in [3.63, 3.8) is 0 Å². The Balaban J connectivity index is 2.24. The zero-order valence-corrected chi connectivity index (χ0v) is 13.8. The molecule has 0 N–H and O–H groups in total. The number of nitrogens with zero attached hydrogens (tertiary/aromatic N) is 1. The monoisotopic (exact) mass is 343 g/mol. The summed E-state index contributed by atoms with van der Waals surface area (Å²) in [6, 6.07) is 8.01. The molecule has 0 amide bonds. The molecule has 0 saturated heterocycles. The topological polar surface area (TPSA) is 39.1 Å². The minimum atomic E-state index is -3.08. The van der Waals surface area contributed by atoms with Crippen LogP contribution in [0.4, 0.5) is 0 Å². The van der Waals surface area contributed by atoms with Crippen molar-refractivity contribution >= 4 is 36.7 Å². The van der Waals surface area contributed by atoms with E-state index in [1.165, 1.54) is 0 Å². The fraction of sp³-hybridized carbons (Fsp3) is 0.429. The van der Waals surface area contributed by atoms with Gasteiger partial charge in [0.1, 0.15) is 0 Å². The fourth-order valence-electron chi connectivity index (χ4n) is 1.89. The lowest BCUT2D eigenvalue weighted by Crippen LogP contribution is -2.31. The highest BCUT2D eigenvalue weighted by molar-refractivity contribution is 9.10. The van der Waals surface area contributed by atoms with Gasteiger partial charge in [-0.1, -0.05) is 15.9 Å². The van der Waals surface area contributed by atoms with Crippen molar-refractivity contribution in [2.75, 3.05) is 5.75 Å². The fourth-order valence-corrected chi connectivity index (χ4v) is 3.32. The first-order valence-corrected chi connectivity index (χ1v) is 8.62. The van der Waals surface area contributed by atoms with Crippen LogP contribution in [0.5, 0.6) is 0 Å². The summed E-state index contributed by atoms with van der Waals surface area (Å²) in [6.07, 6.45) is 1.94. The van der Waals surface area contributed by atoms with Gasteiger partial charge in [-0.3, -0.25) is 0 Å². The SMILES string of the molecule is CC(C)(C)S(=O)(=O)CCn1ccc2cc(Br)ccc21. The number of aromatic nitrogens is 1. The average Bonchev–Trinajstić information content (AvgIpc) is 2.67. The van der Waals surface area contributed by atoms with Crippen molar-refractivity contribution in [1.82, 2.24) is 4.57 Å². The maximum Gasteiger partial charge on any atom is 0.156 e. The Morgan fingerprint density at radius 1 is 1.21 bits per heavy atom. The molecule has 0 atom stereocenters. The summed E-state index contributed by atoms with van der Waals surface area (Å²) < 4.78 is 26.6. The van der Waals surface area contributed by atoms with Gasteiger partial charge in [-0.2, -0.15) is 0 Å². The lowest BCUT2D eigenvalue weighted by molar-refractivity contribution is 0.555. The highest BCUT2D eigenvalue weighted by Crippen LogP contribution is 2.22. The van der Waals surface area contributed by atoms with Crippen LogP contribution in [-0.4, -0.2) is 23.5 Å². The molecule has 0 unspecified atom stereocenters. The summed E-state index contributed by atoms with van der Waals surface area (Å²) in [7, 11) is -3.08. The van der Waals surface area contributed by atoms with E-state index in [9.17, 15) is 8.42 Å². The molecule has 2 rings (SSSR count). The summed E-state index contributed by atoms with van der Waals surface area (Å²) in [5.74, 6) is 0.163. The third kappa shape index (κ3) is 3.03. The number of fused-ring (bicyclic) bond motifs is 1. The van der Waals surface area contributed by atoms with Gasteiger partial charge in [0.25, 0.3) is 0 Å². The average molecular weight is 344 g/mol. The second kappa shape index (κ2) is 4.94. The highest BCUT2D eigenvalue weighted by Gasteiger charge is 2.28. The number of benzene rings is 1. The summed E-state index contributed by atoms with van der Waals surface area (Å²) in [6.45, 7) is 5.72. The molecule has 104 valence electrons. The largest absolute Gasteiger partial charge is 0.346 e. The number of sulfone groups is 1. The molecule has 1 aromatic heterocycles. The molecule has 0 fully saturated rings. The van der Waals surface area contributed by atoms with E-state index >= 15 is 0 Å². The third-order valence-electron chi connectivity index (χ3n) is 3.27. The molecule has 2 aromatic rings. The zero-order chi connectivity index (χ0) is 14.3. The smallest absolute Gasteiger partial charge is 0.156 e. The molecule has 0 radical (unpaired) electrons. The molecule has 3 nitrogen and oxygen atoms in total. The zero-order valence-electron chi connectivity index (χ0n) is 11.4. The van der Waals surface area contributed by atoms with E-state index in [1.807, 2.05) is 35.0 Å². The molecule has 0 saturated carbocycles. The number of rotatable bonds is 3. The molecule has 0 aliphatic rings.